The fourth-order valence-electron chi connectivity index (χ4n) is 3.78. The van der Waals surface area contributed by atoms with Crippen LogP contribution >= 0.6 is 11.3 Å². The Hall–Kier alpha value is -2.40. The van der Waals surface area contributed by atoms with Gasteiger partial charge in [-0.3, -0.25) is 4.79 Å². The maximum absolute atomic E-state index is 11.1. The molecule has 1 aromatic carbocycles. The van der Waals surface area contributed by atoms with Crippen LogP contribution in [0.2, 0.25) is 0 Å². The molecule has 1 unspecified atom stereocenters. The van der Waals surface area contributed by atoms with Gasteiger partial charge in [0.1, 0.15) is 12.4 Å². The van der Waals surface area contributed by atoms with Crippen LogP contribution in [0, 0.1) is 6.92 Å². The Kier molecular flexibility index (Phi) is 9.99. The zero-order valence-electron chi connectivity index (χ0n) is 19.2. The largest absolute Gasteiger partial charge is 0.488 e. The van der Waals surface area contributed by atoms with Gasteiger partial charge in [0.05, 0.1) is 22.0 Å². The summed E-state index contributed by atoms with van der Waals surface area (Å²) in [5.41, 5.74) is 4.81. The van der Waals surface area contributed by atoms with Crippen LogP contribution in [0.4, 0.5) is 0 Å². The summed E-state index contributed by atoms with van der Waals surface area (Å²) in [6.45, 7) is 12.6. The summed E-state index contributed by atoms with van der Waals surface area (Å²) < 4.78 is 5.98. The SMILES string of the molecule is C=CCc1nc(C)c(COc2ccc3c(c2)C(CC(=O)O)CCC3)s1.CCC=C(C)C. The van der Waals surface area contributed by atoms with Crippen molar-refractivity contribution >= 4 is 17.3 Å². The van der Waals surface area contributed by atoms with Crippen molar-refractivity contribution in [3.05, 3.63) is 69.2 Å². The lowest BCUT2D eigenvalue weighted by atomic mass is 9.81. The standard InChI is InChI=1S/C20H23NO3S.C6H12/c1-3-5-19-21-13(2)18(25-19)12-24-16-9-8-14-6-4-7-15(10-20(22)23)17(14)11-16;1-4-5-6(2)3/h3,8-9,11,15H,1,4-7,10,12H2,2H3,(H,22,23);5H,4H2,1-3H3. The molecular formula is C26H35NO3S. The summed E-state index contributed by atoms with van der Waals surface area (Å²) in [5.74, 6) is 0.155. The molecule has 1 N–H and O–H groups in total. The summed E-state index contributed by atoms with van der Waals surface area (Å²) in [5, 5.41) is 10.2. The van der Waals surface area contributed by atoms with Gasteiger partial charge in [0.15, 0.2) is 0 Å². The number of allylic oxidation sites excluding steroid dienone is 3. The van der Waals surface area contributed by atoms with Crippen LogP contribution in [-0.2, 0) is 24.2 Å². The van der Waals surface area contributed by atoms with Crippen molar-refractivity contribution < 1.29 is 14.6 Å². The molecule has 1 aliphatic rings. The molecule has 1 aromatic heterocycles. The topological polar surface area (TPSA) is 59.4 Å². The molecule has 0 bridgehead atoms. The van der Waals surface area contributed by atoms with Crippen molar-refractivity contribution in [1.29, 1.82) is 0 Å². The third kappa shape index (κ3) is 7.98. The van der Waals surface area contributed by atoms with Gasteiger partial charge in [0.2, 0.25) is 0 Å². The van der Waals surface area contributed by atoms with E-state index in [9.17, 15) is 4.79 Å². The third-order valence-corrected chi connectivity index (χ3v) is 6.37. The number of aromatic nitrogens is 1. The molecule has 0 amide bonds. The number of nitrogens with zero attached hydrogens (tertiary/aromatic N) is 1. The molecule has 3 rings (SSSR count). The summed E-state index contributed by atoms with van der Waals surface area (Å²) in [6.07, 6.45) is 9.21. The van der Waals surface area contributed by atoms with Gasteiger partial charge in [-0.1, -0.05) is 30.7 Å². The zero-order chi connectivity index (χ0) is 22.8. The maximum atomic E-state index is 11.1. The monoisotopic (exact) mass is 441 g/mol. The Morgan fingerprint density at radius 1 is 1.39 bits per heavy atom. The molecule has 0 spiro atoms. The highest BCUT2D eigenvalue weighted by molar-refractivity contribution is 7.11. The van der Waals surface area contributed by atoms with Gasteiger partial charge in [-0.2, -0.15) is 0 Å². The second kappa shape index (κ2) is 12.5. The molecule has 31 heavy (non-hydrogen) atoms. The number of hydrogen-bond acceptors (Lipinski definition) is 4. The minimum absolute atomic E-state index is 0.0918. The first-order valence-electron chi connectivity index (χ1n) is 11.0. The van der Waals surface area contributed by atoms with Gasteiger partial charge in [0, 0.05) is 6.42 Å². The number of carboxylic acid groups (broad SMARTS) is 1. The van der Waals surface area contributed by atoms with Crippen molar-refractivity contribution in [2.45, 2.75) is 78.7 Å². The van der Waals surface area contributed by atoms with Crippen molar-refractivity contribution in [3.8, 4) is 5.75 Å². The van der Waals surface area contributed by atoms with Crippen molar-refractivity contribution in [2.75, 3.05) is 0 Å². The molecule has 1 heterocycles. The van der Waals surface area contributed by atoms with Crippen LogP contribution in [-0.4, -0.2) is 16.1 Å². The number of ether oxygens (including phenoxy) is 1. The van der Waals surface area contributed by atoms with E-state index in [1.807, 2.05) is 25.1 Å². The Morgan fingerprint density at radius 2 is 2.16 bits per heavy atom. The normalized spacial score (nSPS) is 14.6. The molecule has 2 aromatic rings. The second-order valence-corrected chi connectivity index (χ2v) is 9.30. The van der Waals surface area contributed by atoms with Crippen LogP contribution in [0.3, 0.4) is 0 Å². The molecule has 168 valence electrons. The Bertz CT molecular complexity index is 909. The molecule has 0 saturated heterocycles. The molecule has 1 aliphatic carbocycles. The maximum Gasteiger partial charge on any atom is 0.303 e. The van der Waals surface area contributed by atoms with E-state index in [0.29, 0.717) is 6.61 Å². The number of aryl methyl sites for hydroxylation is 2. The van der Waals surface area contributed by atoms with Crippen LogP contribution in [0.15, 0.2) is 42.5 Å². The fraction of sp³-hybridized carbons (Fsp3) is 0.462. The number of benzene rings is 1. The molecule has 4 nitrogen and oxygen atoms in total. The summed E-state index contributed by atoms with van der Waals surface area (Å²) in [4.78, 5) is 16.8. The van der Waals surface area contributed by atoms with E-state index in [-0.39, 0.29) is 12.3 Å². The minimum Gasteiger partial charge on any atom is -0.488 e. The first-order chi connectivity index (χ1) is 14.8. The summed E-state index contributed by atoms with van der Waals surface area (Å²) in [7, 11) is 0. The quantitative estimate of drug-likeness (QED) is 0.447. The highest BCUT2D eigenvalue weighted by Gasteiger charge is 2.23. The molecule has 1 atom stereocenters. The minimum atomic E-state index is -0.737. The number of fused-ring (bicyclic) bond motifs is 1. The van der Waals surface area contributed by atoms with Gasteiger partial charge in [-0.25, -0.2) is 4.98 Å². The predicted molar refractivity (Wildman–Crippen MR) is 129 cm³/mol. The number of thiazole rings is 1. The van der Waals surface area contributed by atoms with Gasteiger partial charge >= 0.3 is 5.97 Å². The molecule has 0 radical (unpaired) electrons. The highest BCUT2D eigenvalue weighted by atomic mass is 32.1. The van der Waals surface area contributed by atoms with E-state index in [0.717, 1.165) is 52.6 Å². The van der Waals surface area contributed by atoms with E-state index in [1.165, 1.54) is 17.6 Å². The van der Waals surface area contributed by atoms with Crippen LogP contribution in [0.1, 0.15) is 79.1 Å². The van der Waals surface area contributed by atoms with Crippen LogP contribution in [0.5, 0.6) is 5.75 Å². The van der Waals surface area contributed by atoms with E-state index >= 15 is 0 Å². The Labute approximate surface area is 190 Å². The number of aliphatic carboxylic acids is 1. The van der Waals surface area contributed by atoms with Gasteiger partial charge in [0.25, 0.3) is 0 Å². The lowest BCUT2D eigenvalue weighted by molar-refractivity contribution is -0.137. The van der Waals surface area contributed by atoms with Gasteiger partial charge < -0.3 is 9.84 Å². The molecule has 0 fully saturated rings. The van der Waals surface area contributed by atoms with E-state index in [2.05, 4.69) is 44.5 Å². The number of carboxylic acids is 1. The number of carbonyl (C=O) groups is 1. The predicted octanol–water partition coefficient (Wildman–Crippen LogP) is 7.02. The smallest absolute Gasteiger partial charge is 0.303 e. The third-order valence-electron chi connectivity index (χ3n) is 5.22. The second-order valence-electron chi connectivity index (χ2n) is 8.14. The van der Waals surface area contributed by atoms with Gasteiger partial charge in [-0.15, -0.1) is 17.9 Å². The molecule has 0 saturated carbocycles. The van der Waals surface area contributed by atoms with Crippen molar-refractivity contribution in [2.24, 2.45) is 0 Å². The lowest BCUT2D eigenvalue weighted by Gasteiger charge is -2.25. The average molecular weight is 442 g/mol. The van der Waals surface area contributed by atoms with E-state index in [4.69, 9.17) is 9.84 Å². The summed E-state index contributed by atoms with van der Waals surface area (Å²) in [6, 6.07) is 6.10. The molecule has 0 aliphatic heterocycles. The van der Waals surface area contributed by atoms with E-state index in [1.54, 1.807) is 11.3 Å². The first kappa shape index (κ1) is 24.9. The fourth-order valence-corrected chi connectivity index (χ4v) is 4.76. The van der Waals surface area contributed by atoms with Crippen LogP contribution in [0.25, 0.3) is 0 Å². The molecular weight excluding hydrogens is 406 g/mol. The van der Waals surface area contributed by atoms with Gasteiger partial charge in [-0.05, 0) is 75.6 Å². The zero-order valence-corrected chi connectivity index (χ0v) is 20.1. The Morgan fingerprint density at radius 3 is 2.77 bits per heavy atom. The Balaban J connectivity index is 0.000000501. The lowest BCUT2D eigenvalue weighted by Crippen LogP contribution is -2.13. The first-order valence-corrected chi connectivity index (χ1v) is 11.8. The van der Waals surface area contributed by atoms with E-state index < -0.39 is 5.97 Å². The summed E-state index contributed by atoms with van der Waals surface area (Å²) >= 11 is 1.66. The number of hydrogen-bond donors (Lipinski definition) is 1. The van der Waals surface area contributed by atoms with Crippen molar-refractivity contribution in [1.82, 2.24) is 4.98 Å². The van der Waals surface area contributed by atoms with Crippen molar-refractivity contribution in [3.63, 3.8) is 0 Å². The number of rotatable bonds is 8. The average Bonchev–Trinajstić information content (AvgIpc) is 3.06. The highest BCUT2D eigenvalue weighted by Crippen LogP contribution is 2.36. The van der Waals surface area contributed by atoms with Crippen LogP contribution < -0.4 is 4.74 Å². The molecule has 5 heteroatoms.